The van der Waals surface area contributed by atoms with Crippen molar-refractivity contribution in [1.29, 1.82) is 0 Å². The zero-order valence-corrected chi connectivity index (χ0v) is 19.6. The minimum atomic E-state index is -3.70. The van der Waals surface area contributed by atoms with Crippen LogP contribution in [0.3, 0.4) is 0 Å². The Morgan fingerprint density at radius 2 is 1.76 bits per heavy atom. The van der Waals surface area contributed by atoms with Gasteiger partial charge in [-0.2, -0.15) is 4.31 Å². The van der Waals surface area contributed by atoms with Crippen molar-refractivity contribution in [2.45, 2.75) is 43.9 Å². The first-order chi connectivity index (χ1) is 15.9. The maximum Gasteiger partial charge on any atom is 0.246 e. The number of carbonyl (C=O) groups excluding carboxylic acids is 2. The molecule has 0 saturated carbocycles. The number of nitrogens with one attached hydrogen (secondary N) is 1. The van der Waals surface area contributed by atoms with Crippen LogP contribution in [-0.2, 0) is 26.0 Å². The third-order valence-corrected chi connectivity index (χ3v) is 7.82. The van der Waals surface area contributed by atoms with Gasteiger partial charge in [0.2, 0.25) is 21.8 Å². The van der Waals surface area contributed by atoms with Gasteiger partial charge in [-0.15, -0.1) is 0 Å². The normalized spacial score (nSPS) is 16.9. The van der Waals surface area contributed by atoms with Crippen molar-refractivity contribution in [3.05, 3.63) is 48.0 Å². The molecule has 2 amide bonds. The summed E-state index contributed by atoms with van der Waals surface area (Å²) in [5.41, 5.74) is 2.05. The topological polar surface area (TPSA) is 96.0 Å². The van der Waals surface area contributed by atoms with Gasteiger partial charge in [-0.25, -0.2) is 8.42 Å². The standard InChI is InChI=1S/C24H29N3O5S/c1-2-32-21-12-9-19(17-22(21)33(30,31)26-13-3-4-14-26)25-23(28)16-18-7-10-20(11-8-18)27-15-5-6-24(27)29/h7-12,17H,2-6,13-16H2,1H3,(H,25,28). The third-order valence-electron chi connectivity index (χ3n) is 5.90. The van der Waals surface area contributed by atoms with E-state index in [9.17, 15) is 18.0 Å². The molecule has 2 aliphatic rings. The molecule has 2 saturated heterocycles. The molecule has 0 spiro atoms. The van der Waals surface area contributed by atoms with Crippen LogP contribution in [0.4, 0.5) is 11.4 Å². The monoisotopic (exact) mass is 471 g/mol. The van der Waals surface area contributed by atoms with Crippen LogP contribution in [0.15, 0.2) is 47.4 Å². The summed E-state index contributed by atoms with van der Waals surface area (Å²) < 4.78 is 33.3. The predicted octanol–water partition coefficient (Wildman–Crippen LogP) is 3.18. The van der Waals surface area contributed by atoms with Gasteiger partial charge in [-0.1, -0.05) is 12.1 Å². The van der Waals surface area contributed by atoms with E-state index in [1.165, 1.54) is 10.4 Å². The largest absolute Gasteiger partial charge is 0.492 e. The van der Waals surface area contributed by atoms with E-state index < -0.39 is 10.0 Å². The highest BCUT2D eigenvalue weighted by Gasteiger charge is 2.30. The molecule has 176 valence electrons. The first-order valence-corrected chi connectivity index (χ1v) is 12.8. The fourth-order valence-electron chi connectivity index (χ4n) is 4.24. The Morgan fingerprint density at radius 1 is 1.03 bits per heavy atom. The molecule has 0 unspecified atom stereocenters. The van der Waals surface area contributed by atoms with Gasteiger partial charge in [0, 0.05) is 37.4 Å². The highest BCUT2D eigenvalue weighted by Crippen LogP contribution is 2.32. The van der Waals surface area contributed by atoms with Gasteiger partial charge in [0.05, 0.1) is 13.0 Å². The second kappa shape index (κ2) is 9.93. The molecule has 2 heterocycles. The fourth-order valence-corrected chi connectivity index (χ4v) is 5.91. The Bertz CT molecular complexity index is 1130. The molecule has 0 aromatic heterocycles. The van der Waals surface area contributed by atoms with Crippen molar-refractivity contribution >= 4 is 33.2 Å². The van der Waals surface area contributed by atoms with E-state index in [-0.39, 0.29) is 28.9 Å². The predicted molar refractivity (Wildman–Crippen MR) is 126 cm³/mol. The zero-order valence-electron chi connectivity index (χ0n) is 18.7. The number of hydrogen-bond donors (Lipinski definition) is 1. The molecule has 2 fully saturated rings. The van der Waals surface area contributed by atoms with Crippen LogP contribution in [0.2, 0.25) is 0 Å². The van der Waals surface area contributed by atoms with Gasteiger partial charge in [0.1, 0.15) is 10.6 Å². The van der Waals surface area contributed by atoms with Crippen molar-refractivity contribution in [1.82, 2.24) is 4.31 Å². The quantitative estimate of drug-likeness (QED) is 0.638. The van der Waals surface area contributed by atoms with Crippen molar-refractivity contribution in [2.75, 3.05) is 36.5 Å². The van der Waals surface area contributed by atoms with Crippen LogP contribution in [0.25, 0.3) is 0 Å². The summed E-state index contributed by atoms with van der Waals surface area (Å²) in [7, 11) is -3.70. The summed E-state index contributed by atoms with van der Waals surface area (Å²) in [6.45, 7) is 3.84. The lowest BCUT2D eigenvalue weighted by atomic mass is 10.1. The number of benzene rings is 2. The molecule has 2 aromatic carbocycles. The van der Waals surface area contributed by atoms with Gasteiger partial charge in [-0.3, -0.25) is 9.59 Å². The highest BCUT2D eigenvalue weighted by atomic mass is 32.2. The Kier molecular flexibility index (Phi) is 6.99. The number of carbonyl (C=O) groups is 2. The van der Waals surface area contributed by atoms with E-state index in [1.807, 2.05) is 24.3 Å². The lowest BCUT2D eigenvalue weighted by Gasteiger charge is -2.19. The molecule has 33 heavy (non-hydrogen) atoms. The Hall–Kier alpha value is -2.91. The molecule has 2 aliphatic heterocycles. The van der Waals surface area contributed by atoms with Crippen molar-refractivity contribution in [2.24, 2.45) is 0 Å². The van der Waals surface area contributed by atoms with E-state index >= 15 is 0 Å². The summed E-state index contributed by atoms with van der Waals surface area (Å²) >= 11 is 0. The van der Waals surface area contributed by atoms with Gasteiger partial charge in [0.25, 0.3) is 0 Å². The molecule has 2 aromatic rings. The molecule has 9 heteroatoms. The second-order valence-electron chi connectivity index (χ2n) is 8.25. The van der Waals surface area contributed by atoms with E-state index in [1.54, 1.807) is 24.0 Å². The lowest BCUT2D eigenvalue weighted by Crippen LogP contribution is -2.28. The lowest BCUT2D eigenvalue weighted by molar-refractivity contribution is -0.117. The highest BCUT2D eigenvalue weighted by molar-refractivity contribution is 7.89. The molecule has 0 aliphatic carbocycles. The maximum atomic E-state index is 13.1. The van der Waals surface area contributed by atoms with Crippen LogP contribution in [0, 0.1) is 0 Å². The summed E-state index contributed by atoms with van der Waals surface area (Å²) in [5.74, 6) is 0.152. The number of ether oxygens (including phenoxy) is 1. The number of nitrogens with zero attached hydrogens (tertiary/aromatic N) is 2. The first-order valence-electron chi connectivity index (χ1n) is 11.3. The van der Waals surface area contributed by atoms with Crippen molar-refractivity contribution in [3.63, 3.8) is 0 Å². The summed E-state index contributed by atoms with van der Waals surface area (Å²) in [6, 6.07) is 12.1. The number of rotatable bonds is 8. The van der Waals surface area contributed by atoms with Gasteiger partial charge >= 0.3 is 0 Å². The molecule has 0 radical (unpaired) electrons. The molecular formula is C24H29N3O5S. The van der Waals surface area contributed by atoms with Crippen LogP contribution in [0.1, 0.15) is 38.2 Å². The summed E-state index contributed by atoms with van der Waals surface area (Å²) in [6.07, 6.45) is 3.24. The van der Waals surface area contributed by atoms with Crippen LogP contribution < -0.4 is 15.0 Å². The van der Waals surface area contributed by atoms with Gasteiger partial charge in [-0.05, 0) is 62.1 Å². The third kappa shape index (κ3) is 5.20. The SMILES string of the molecule is CCOc1ccc(NC(=O)Cc2ccc(N3CCCC3=O)cc2)cc1S(=O)(=O)N1CCCC1. The van der Waals surface area contributed by atoms with Crippen LogP contribution in [-0.4, -0.2) is 50.8 Å². The van der Waals surface area contributed by atoms with Crippen molar-refractivity contribution < 1.29 is 22.7 Å². The fraction of sp³-hybridized carbons (Fsp3) is 0.417. The Morgan fingerprint density at radius 3 is 2.39 bits per heavy atom. The average Bonchev–Trinajstić information content (AvgIpc) is 3.48. The number of anilines is 2. The molecule has 1 N–H and O–H groups in total. The maximum absolute atomic E-state index is 13.1. The van der Waals surface area contributed by atoms with E-state index in [2.05, 4.69) is 5.32 Å². The molecule has 8 nitrogen and oxygen atoms in total. The molecular weight excluding hydrogens is 442 g/mol. The first kappa shape index (κ1) is 23.3. The van der Waals surface area contributed by atoms with Gasteiger partial charge < -0.3 is 15.0 Å². The van der Waals surface area contributed by atoms with E-state index in [0.29, 0.717) is 31.8 Å². The summed E-state index contributed by atoms with van der Waals surface area (Å²) in [4.78, 5) is 26.4. The summed E-state index contributed by atoms with van der Waals surface area (Å²) in [5, 5.41) is 2.80. The average molecular weight is 472 g/mol. The van der Waals surface area contributed by atoms with Crippen molar-refractivity contribution in [3.8, 4) is 5.75 Å². The Labute approximate surface area is 194 Å². The smallest absolute Gasteiger partial charge is 0.246 e. The number of sulfonamides is 1. The van der Waals surface area contributed by atoms with Crippen LogP contribution in [0.5, 0.6) is 5.75 Å². The second-order valence-corrected chi connectivity index (χ2v) is 10.2. The number of amides is 2. The minimum Gasteiger partial charge on any atom is -0.492 e. The minimum absolute atomic E-state index is 0.0729. The zero-order chi connectivity index (χ0) is 23.4. The molecule has 4 rings (SSSR count). The van der Waals surface area contributed by atoms with Crippen LogP contribution >= 0.6 is 0 Å². The van der Waals surface area contributed by atoms with Gasteiger partial charge in [0.15, 0.2) is 0 Å². The number of hydrogen-bond acceptors (Lipinski definition) is 5. The Balaban J connectivity index is 1.47. The van der Waals surface area contributed by atoms with E-state index in [0.717, 1.165) is 37.1 Å². The molecule has 0 bridgehead atoms. The molecule has 0 atom stereocenters. The van der Waals surface area contributed by atoms with E-state index in [4.69, 9.17) is 4.74 Å².